The number of rotatable bonds is 6. The number of pyridine rings is 1. The Morgan fingerprint density at radius 1 is 1.10 bits per heavy atom. The monoisotopic (exact) mass is 590 g/mol. The number of anilines is 1. The molecule has 0 bridgehead atoms. The molecule has 14 heteroatoms. The number of thiophene rings is 1. The Hall–Kier alpha value is -5.11. The number of nitrogens with one attached hydrogen (secondary N) is 1. The van der Waals surface area contributed by atoms with Crippen molar-refractivity contribution in [3.63, 3.8) is 0 Å². The van der Waals surface area contributed by atoms with Crippen LogP contribution >= 0.6 is 11.3 Å². The number of carbonyl (C=O) groups is 2. The topological polar surface area (TPSA) is 133 Å². The predicted octanol–water partition coefficient (Wildman–Crippen LogP) is 5.57. The zero-order chi connectivity index (χ0) is 29.8. The molecule has 0 unspecified atom stereocenters. The SMILES string of the molecule is CCn1ncc(-c2ccnc3cc(C(=O)Nc4c(C(N)=O)sc5nc(C(F)(F)F)cc(-c6ccccc6)c45)nn23)c1C. The lowest BCUT2D eigenvalue weighted by atomic mass is 10.0. The van der Waals surface area contributed by atoms with Crippen LogP contribution in [0.2, 0.25) is 0 Å². The van der Waals surface area contributed by atoms with Gasteiger partial charge < -0.3 is 11.1 Å². The van der Waals surface area contributed by atoms with Crippen molar-refractivity contribution in [3.05, 3.63) is 82.9 Å². The summed E-state index contributed by atoms with van der Waals surface area (Å²) in [5, 5.41) is 11.7. The fourth-order valence-electron chi connectivity index (χ4n) is 4.79. The van der Waals surface area contributed by atoms with Gasteiger partial charge in [0.15, 0.2) is 11.3 Å². The number of primary amides is 1. The number of halogens is 3. The normalized spacial score (nSPS) is 11.8. The summed E-state index contributed by atoms with van der Waals surface area (Å²) in [7, 11) is 0. The molecule has 42 heavy (non-hydrogen) atoms. The van der Waals surface area contributed by atoms with E-state index in [1.165, 1.54) is 10.6 Å². The summed E-state index contributed by atoms with van der Waals surface area (Å²) >= 11 is 0.671. The highest BCUT2D eigenvalue weighted by molar-refractivity contribution is 7.21. The molecule has 212 valence electrons. The molecular formula is C28H21F3N8O2S. The average Bonchev–Trinajstić information content (AvgIpc) is 3.67. The van der Waals surface area contributed by atoms with Crippen LogP contribution in [0.15, 0.2) is 60.9 Å². The number of benzene rings is 1. The number of nitrogens with two attached hydrogens (primary N) is 1. The lowest BCUT2D eigenvalue weighted by molar-refractivity contribution is -0.140. The van der Waals surface area contributed by atoms with Gasteiger partial charge in [-0.3, -0.25) is 14.3 Å². The lowest BCUT2D eigenvalue weighted by Crippen LogP contribution is -2.17. The van der Waals surface area contributed by atoms with Gasteiger partial charge in [-0.05, 0) is 37.1 Å². The number of nitrogens with zero attached hydrogens (tertiary/aromatic N) is 6. The van der Waals surface area contributed by atoms with Gasteiger partial charge in [-0.15, -0.1) is 11.3 Å². The van der Waals surface area contributed by atoms with E-state index in [2.05, 4.69) is 25.5 Å². The third kappa shape index (κ3) is 4.55. The Labute approximate surface area is 239 Å². The highest BCUT2D eigenvalue weighted by Gasteiger charge is 2.35. The Balaban J connectivity index is 1.49. The minimum absolute atomic E-state index is 0.0358. The molecular weight excluding hydrogens is 569 g/mol. The Kier molecular flexibility index (Phi) is 6.49. The maximum absolute atomic E-state index is 13.8. The van der Waals surface area contributed by atoms with Crippen LogP contribution in [0.25, 0.3) is 38.2 Å². The molecule has 0 spiro atoms. The van der Waals surface area contributed by atoms with Crippen molar-refractivity contribution in [2.24, 2.45) is 5.73 Å². The van der Waals surface area contributed by atoms with E-state index in [0.29, 0.717) is 34.8 Å². The number of hydrogen-bond donors (Lipinski definition) is 2. The summed E-state index contributed by atoms with van der Waals surface area (Å²) in [6, 6.07) is 12.4. The molecule has 0 aliphatic carbocycles. The average molecular weight is 591 g/mol. The molecule has 6 rings (SSSR count). The molecule has 5 aromatic heterocycles. The predicted molar refractivity (Wildman–Crippen MR) is 151 cm³/mol. The molecule has 10 nitrogen and oxygen atoms in total. The van der Waals surface area contributed by atoms with Crippen LogP contribution < -0.4 is 11.1 Å². The molecule has 5 heterocycles. The van der Waals surface area contributed by atoms with E-state index in [0.717, 1.165) is 17.3 Å². The number of fused-ring (bicyclic) bond motifs is 2. The summed E-state index contributed by atoms with van der Waals surface area (Å²) in [6.45, 7) is 4.57. The van der Waals surface area contributed by atoms with Crippen molar-refractivity contribution < 1.29 is 22.8 Å². The van der Waals surface area contributed by atoms with Gasteiger partial charge >= 0.3 is 6.18 Å². The van der Waals surface area contributed by atoms with Gasteiger partial charge in [0.25, 0.3) is 11.8 Å². The summed E-state index contributed by atoms with van der Waals surface area (Å²) in [5.74, 6) is -1.64. The van der Waals surface area contributed by atoms with Gasteiger partial charge in [-0.2, -0.15) is 23.4 Å². The first kappa shape index (κ1) is 27.1. The number of amides is 2. The minimum Gasteiger partial charge on any atom is -0.365 e. The maximum Gasteiger partial charge on any atom is 0.433 e. The largest absolute Gasteiger partial charge is 0.433 e. The van der Waals surface area contributed by atoms with Crippen molar-refractivity contribution in [3.8, 4) is 22.4 Å². The summed E-state index contributed by atoms with van der Waals surface area (Å²) in [6.07, 6.45) is -1.45. The highest BCUT2D eigenvalue weighted by atomic mass is 32.1. The fourth-order valence-corrected chi connectivity index (χ4v) is 5.79. The van der Waals surface area contributed by atoms with Gasteiger partial charge in [0.1, 0.15) is 15.4 Å². The number of aromatic nitrogens is 6. The fraction of sp³-hybridized carbons (Fsp3) is 0.143. The molecule has 0 fully saturated rings. The van der Waals surface area contributed by atoms with Crippen molar-refractivity contribution in [2.75, 3.05) is 5.32 Å². The van der Waals surface area contributed by atoms with Crippen LogP contribution in [0.3, 0.4) is 0 Å². The molecule has 2 amide bonds. The van der Waals surface area contributed by atoms with E-state index in [9.17, 15) is 22.8 Å². The number of carbonyl (C=O) groups excluding carboxylic acids is 2. The van der Waals surface area contributed by atoms with Crippen LogP contribution in [-0.2, 0) is 12.7 Å². The van der Waals surface area contributed by atoms with Gasteiger partial charge in [0.05, 0.1) is 17.6 Å². The number of alkyl halides is 3. The Bertz CT molecular complexity index is 2010. The molecule has 0 saturated carbocycles. The molecule has 3 N–H and O–H groups in total. The first-order chi connectivity index (χ1) is 20.1. The molecule has 0 saturated heterocycles. The van der Waals surface area contributed by atoms with Crippen molar-refractivity contribution in [2.45, 2.75) is 26.6 Å². The van der Waals surface area contributed by atoms with Gasteiger partial charge in [-0.1, -0.05) is 30.3 Å². The molecule has 6 aromatic rings. The molecule has 0 aliphatic rings. The van der Waals surface area contributed by atoms with E-state index in [1.54, 1.807) is 48.8 Å². The second-order valence-corrected chi connectivity index (χ2v) is 10.3. The quantitative estimate of drug-likeness (QED) is 0.261. The van der Waals surface area contributed by atoms with E-state index in [4.69, 9.17) is 5.73 Å². The van der Waals surface area contributed by atoms with Crippen LogP contribution in [0.4, 0.5) is 18.9 Å². The molecule has 0 radical (unpaired) electrons. The second-order valence-electron chi connectivity index (χ2n) is 9.31. The third-order valence-electron chi connectivity index (χ3n) is 6.77. The van der Waals surface area contributed by atoms with Gasteiger partial charge in [0.2, 0.25) is 0 Å². The highest BCUT2D eigenvalue weighted by Crippen LogP contribution is 2.43. The zero-order valence-corrected chi connectivity index (χ0v) is 22.9. The summed E-state index contributed by atoms with van der Waals surface area (Å²) < 4.78 is 44.6. The molecule has 1 aromatic carbocycles. The van der Waals surface area contributed by atoms with Crippen LogP contribution in [0, 0.1) is 6.92 Å². The summed E-state index contributed by atoms with van der Waals surface area (Å²) in [4.78, 5) is 33.8. The standard InChI is InChI=1S/C28H21F3N8O2S/c1-3-38-14(2)17(13-34-38)19-9-10-33-21-12-18(37-39(19)21)26(41)36-23-22-16(15-7-5-4-6-8-15)11-20(28(29,30)31)35-27(22)42-24(23)25(32)40/h4-13H,3H2,1-2H3,(H2,32,40)(H,36,41). The number of aryl methyl sites for hydroxylation is 1. The van der Waals surface area contributed by atoms with Gasteiger partial charge in [0, 0.05) is 35.5 Å². The summed E-state index contributed by atoms with van der Waals surface area (Å²) in [5.41, 5.74) is 7.71. The van der Waals surface area contributed by atoms with Gasteiger partial charge in [-0.25, -0.2) is 14.5 Å². The molecule has 0 atom stereocenters. The van der Waals surface area contributed by atoms with E-state index >= 15 is 0 Å². The first-order valence-corrected chi connectivity index (χ1v) is 13.5. The molecule has 0 aliphatic heterocycles. The van der Waals surface area contributed by atoms with E-state index in [1.807, 2.05) is 18.5 Å². The smallest absolute Gasteiger partial charge is 0.365 e. The van der Waals surface area contributed by atoms with Crippen LogP contribution in [0.5, 0.6) is 0 Å². The lowest BCUT2D eigenvalue weighted by Gasteiger charge is -2.12. The Morgan fingerprint density at radius 2 is 1.86 bits per heavy atom. The van der Waals surface area contributed by atoms with Crippen molar-refractivity contribution >= 4 is 44.7 Å². The minimum atomic E-state index is -4.74. The van der Waals surface area contributed by atoms with Crippen LogP contribution in [-0.4, -0.2) is 41.2 Å². The van der Waals surface area contributed by atoms with E-state index in [-0.39, 0.29) is 32.0 Å². The van der Waals surface area contributed by atoms with Crippen LogP contribution in [0.1, 0.15) is 38.5 Å². The Morgan fingerprint density at radius 3 is 2.52 bits per heavy atom. The number of hydrogen-bond acceptors (Lipinski definition) is 7. The second kappa shape index (κ2) is 10.1. The van der Waals surface area contributed by atoms with Crippen molar-refractivity contribution in [1.82, 2.24) is 29.4 Å². The van der Waals surface area contributed by atoms with Crippen molar-refractivity contribution in [1.29, 1.82) is 0 Å². The zero-order valence-electron chi connectivity index (χ0n) is 22.1. The first-order valence-electron chi connectivity index (χ1n) is 12.7. The van der Waals surface area contributed by atoms with E-state index < -0.39 is 23.7 Å². The third-order valence-corrected chi connectivity index (χ3v) is 7.87. The maximum atomic E-state index is 13.8.